The minimum absolute atomic E-state index is 0.0484. The monoisotopic (exact) mass is 182 g/mol. The van der Waals surface area contributed by atoms with Crippen LogP contribution in [0, 0.1) is 5.82 Å². The summed E-state index contributed by atoms with van der Waals surface area (Å²) in [6.45, 7) is 0. The maximum Gasteiger partial charge on any atom is 0.225 e. The zero-order chi connectivity index (χ0) is 9.84. The topological polar surface area (TPSA) is 43.4 Å². The first-order chi connectivity index (χ1) is 6.19. The maximum atomic E-state index is 12.8. The van der Waals surface area contributed by atoms with Gasteiger partial charge in [0.25, 0.3) is 0 Å². The summed E-state index contributed by atoms with van der Waals surface area (Å²) in [4.78, 5) is 21.0. The quantitative estimate of drug-likeness (QED) is 0.401. The van der Waals surface area contributed by atoms with Crippen LogP contribution in [0.2, 0.25) is 0 Å². The third-order valence-corrected chi connectivity index (χ3v) is 1.54. The molecule has 3 nitrogen and oxygen atoms in total. The van der Waals surface area contributed by atoms with Gasteiger partial charge in [-0.15, -0.1) is 0 Å². The maximum absolute atomic E-state index is 12.8. The lowest BCUT2D eigenvalue weighted by atomic mass is 10.1. The van der Waals surface area contributed by atoms with Crippen LogP contribution in [-0.2, 0) is 4.79 Å². The van der Waals surface area contributed by atoms with Gasteiger partial charge in [-0.25, -0.2) is 4.39 Å². The number of benzene rings is 1. The first-order valence-electron chi connectivity index (χ1n) is 3.52. The Morgan fingerprint density at radius 3 is 2.77 bits per heavy atom. The third-order valence-electron chi connectivity index (χ3n) is 1.54. The predicted molar refractivity (Wildman–Crippen MR) is 43.3 cm³/mol. The Labute approximate surface area is 74.1 Å². The van der Waals surface area contributed by atoms with Crippen molar-refractivity contribution in [3.05, 3.63) is 29.6 Å². The van der Waals surface area contributed by atoms with Gasteiger partial charge in [-0.05, 0) is 18.2 Å². The van der Waals surface area contributed by atoms with E-state index in [0.29, 0.717) is 0 Å². The number of Topliss-reactive ketones (excluding diaryl/α,β-unsaturated/α-hetero) is 1. The van der Waals surface area contributed by atoms with Crippen LogP contribution in [0.3, 0.4) is 0 Å². The molecule has 13 heavy (non-hydrogen) atoms. The first kappa shape index (κ1) is 9.38. The Hall–Kier alpha value is -1.71. The Bertz CT molecular complexity index is 347. The molecule has 1 aromatic carbocycles. The fourth-order valence-corrected chi connectivity index (χ4v) is 0.881. The Balaban J connectivity index is 3.13. The molecule has 4 heteroatoms. The van der Waals surface area contributed by atoms with E-state index in [4.69, 9.17) is 0 Å². The Morgan fingerprint density at radius 1 is 1.54 bits per heavy atom. The van der Waals surface area contributed by atoms with Crippen molar-refractivity contribution in [3.8, 4) is 5.75 Å². The van der Waals surface area contributed by atoms with Crippen LogP contribution >= 0.6 is 0 Å². The van der Waals surface area contributed by atoms with Gasteiger partial charge in [0.15, 0.2) is 17.9 Å². The van der Waals surface area contributed by atoms with E-state index in [-0.39, 0.29) is 17.6 Å². The number of ether oxygens (including phenoxy) is 1. The van der Waals surface area contributed by atoms with Crippen molar-refractivity contribution in [3.63, 3.8) is 0 Å². The minimum Gasteiger partial charge on any atom is -0.494 e. The number of carbonyl (C=O) groups is 2. The highest BCUT2D eigenvalue weighted by molar-refractivity contribution is 6.33. The second-order valence-electron chi connectivity index (χ2n) is 2.33. The first-order valence-corrected chi connectivity index (χ1v) is 3.52. The molecular weight excluding hydrogens is 175 g/mol. The van der Waals surface area contributed by atoms with Crippen LogP contribution in [-0.4, -0.2) is 19.2 Å². The summed E-state index contributed by atoms with van der Waals surface area (Å²) < 4.78 is 17.4. The molecule has 0 saturated carbocycles. The van der Waals surface area contributed by atoms with E-state index in [1.165, 1.54) is 19.2 Å². The van der Waals surface area contributed by atoms with E-state index in [2.05, 4.69) is 4.74 Å². The summed E-state index contributed by atoms with van der Waals surface area (Å²) >= 11 is 0. The molecule has 0 aromatic heterocycles. The summed E-state index contributed by atoms with van der Waals surface area (Å²) in [5.41, 5.74) is 0.119. The average Bonchev–Trinajstić information content (AvgIpc) is 2.17. The zero-order valence-corrected chi connectivity index (χ0v) is 6.91. The van der Waals surface area contributed by atoms with Crippen molar-refractivity contribution in [2.75, 3.05) is 7.11 Å². The molecular formula is C9H7FO3. The SMILES string of the molecule is COc1cc(C(=O)C=O)ccc1F. The molecule has 0 N–H and O–H groups in total. The molecule has 0 unspecified atom stereocenters. The number of halogens is 1. The van der Waals surface area contributed by atoms with Crippen LogP contribution in [0.5, 0.6) is 5.75 Å². The van der Waals surface area contributed by atoms with E-state index in [1.54, 1.807) is 0 Å². The number of methoxy groups -OCH3 is 1. The molecule has 0 atom stereocenters. The molecule has 1 aromatic rings. The normalized spacial score (nSPS) is 9.38. The summed E-state index contributed by atoms with van der Waals surface area (Å²) in [5.74, 6) is -1.31. The molecule has 0 radical (unpaired) electrons. The van der Waals surface area contributed by atoms with Gasteiger partial charge < -0.3 is 4.74 Å². The molecule has 0 amide bonds. The fraction of sp³-hybridized carbons (Fsp3) is 0.111. The molecule has 0 aliphatic rings. The van der Waals surface area contributed by atoms with Gasteiger partial charge in [-0.1, -0.05) is 0 Å². The summed E-state index contributed by atoms with van der Waals surface area (Å²) in [6.07, 6.45) is 0.173. The van der Waals surface area contributed by atoms with Crippen LogP contribution in [0.15, 0.2) is 18.2 Å². The van der Waals surface area contributed by atoms with Crippen LogP contribution in [0.1, 0.15) is 10.4 Å². The molecule has 0 aliphatic carbocycles. The van der Waals surface area contributed by atoms with Gasteiger partial charge in [0.05, 0.1) is 7.11 Å². The highest BCUT2D eigenvalue weighted by atomic mass is 19.1. The van der Waals surface area contributed by atoms with Gasteiger partial charge in [-0.2, -0.15) is 0 Å². The smallest absolute Gasteiger partial charge is 0.225 e. The fourth-order valence-electron chi connectivity index (χ4n) is 0.881. The number of hydrogen-bond acceptors (Lipinski definition) is 3. The standard InChI is InChI=1S/C9H7FO3/c1-13-9-4-6(8(12)5-11)2-3-7(9)10/h2-5H,1H3. The lowest BCUT2D eigenvalue weighted by Gasteiger charge is -2.01. The molecule has 0 spiro atoms. The molecule has 0 aliphatic heterocycles. The minimum atomic E-state index is -0.696. The molecule has 0 bridgehead atoms. The van der Waals surface area contributed by atoms with Crippen LogP contribution in [0.25, 0.3) is 0 Å². The number of carbonyl (C=O) groups excluding carboxylic acids is 2. The van der Waals surface area contributed by atoms with Gasteiger partial charge in [-0.3, -0.25) is 9.59 Å². The number of rotatable bonds is 3. The number of hydrogen-bond donors (Lipinski definition) is 0. The third kappa shape index (κ3) is 1.90. The van der Waals surface area contributed by atoms with Crippen LogP contribution < -0.4 is 4.74 Å². The van der Waals surface area contributed by atoms with Crippen molar-refractivity contribution in [1.82, 2.24) is 0 Å². The highest BCUT2D eigenvalue weighted by Crippen LogP contribution is 2.17. The largest absolute Gasteiger partial charge is 0.494 e. The summed E-state index contributed by atoms with van der Waals surface area (Å²) in [5, 5.41) is 0. The molecule has 1 rings (SSSR count). The van der Waals surface area contributed by atoms with Crippen molar-refractivity contribution in [2.45, 2.75) is 0 Å². The lowest BCUT2D eigenvalue weighted by molar-refractivity contribution is -0.104. The average molecular weight is 182 g/mol. The van der Waals surface area contributed by atoms with Crippen molar-refractivity contribution < 1.29 is 18.7 Å². The van der Waals surface area contributed by atoms with Crippen molar-refractivity contribution >= 4 is 12.1 Å². The summed E-state index contributed by atoms with van der Waals surface area (Å²) in [7, 11) is 1.29. The number of ketones is 1. The van der Waals surface area contributed by atoms with Gasteiger partial charge in [0.1, 0.15) is 0 Å². The van der Waals surface area contributed by atoms with Crippen LogP contribution in [0.4, 0.5) is 4.39 Å². The van der Waals surface area contributed by atoms with E-state index in [1.807, 2.05) is 0 Å². The van der Waals surface area contributed by atoms with Gasteiger partial charge in [0.2, 0.25) is 5.78 Å². The lowest BCUT2D eigenvalue weighted by Crippen LogP contribution is -2.00. The Morgan fingerprint density at radius 2 is 2.23 bits per heavy atom. The highest BCUT2D eigenvalue weighted by Gasteiger charge is 2.08. The molecule has 0 saturated heterocycles. The predicted octanol–water partition coefficient (Wildman–Crippen LogP) is 1.22. The molecule has 68 valence electrons. The van der Waals surface area contributed by atoms with E-state index < -0.39 is 11.6 Å². The second-order valence-corrected chi connectivity index (χ2v) is 2.33. The molecule has 0 heterocycles. The van der Waals surface area contributed by atoms with Crippen molar-refractivity contribution in [2.24, 2.45) is 0 Å². The second kappa shape index (κ2) is 3.80. The zero-order valence-electron chi connectivity index (χ0n) is 6.91. The Kier molecular flexibility index (Phi) is 2.74. The molecule has 0 fully saturated rings. The van der Waals surface area contributed by atoms with E-state index in [0.717, 1.165) is 6.07 Å². The van der Waals surface area contributed by atoms with Gasteiger partial charge >= 0.3 is 0 Å². The summed E-state index contributed by atoms with van der Waals surface area (Å²) in [6, 6.07) is 3.50. The van der Waals surface area contributed by atoms with Gasteiger partial charge in [0, 0.05) is 5.56 Å². The van der Waals surface area contributed by atoms with Crippen molar-refractivity contribution in [1.29, 1.82) is 0 Å². The van der Waals surface area contributed by atoms with E-state index >= 15 is 0 Å². The number of aldehydes is 1. The van der Waals surface area contributed by atoms with E-state index in [9.17, 15) is 14.0 Å².